The van der Waals surface area contributed by atoms with E-state index in [9.17, 15) is 4.79 Å². The standard InChI is InChI=1S/C12H15N3O/c1-3-4-9(2)12(16)15-11-6-5-10(7-13)8-14-11/h5-6,8-9H,3-4H2,1-2H3,(H,14,15,16). The second kappa shape index (κ2) is 5.86. The molecular formula is C12H15N3O. The maximum Gasteiger partial charge on any atom is 0.228 e. The summed E-state index contributed by atoms with van der Waals surface area (Å²) in [5, 5.41) is 11.3. The molecule has 1 aromatic heterocycles. The van der Waals surface area contributed by atoms with Crippen LogP contribution in [0, 0.1) is 17.2 Å². The van der Waals surface area contributed by atoms with E-state index in [1.807, 2.05) is 19.9 Å². The first-order valence-electron chi connectivity index (χ1n) is 5.34. The van der Waals surface area contributed by atoms with Crippen LogP contribution in [-0.2, 0) is 4.79 Å². The highest BCUT2D eigenvalue weighted by atomic mass is 16.1. The van der Waals surface area contributed by atoms with Crippen molar-refractivity contribution in [1.82, 2.24) is 4.98 Å². The fraction of sp³-hybridized carbons (Fsp3) is 0.417. The molecule has 0 bridgehead atoms. The normalized spacial score (nSPS) is 11.6. The zero-order valence-corrected chi connectivity index (χ0v) is 9.53. The van der Waals surface area contributed by atoms with E-state index in [4.69, 9.17) is 5.26 Å². The van der Waals surface area contributed by atoms with Gasteiger partial charge >= 0.3 is 0 Å². The third-order valence-corrected chi connectivity index (χ3v) is 2.31. The Bertz CT molecular complexity index is 392. The molecule has 1 unspecified atom stereocenters. The predicted octanol–water partition coefficient (Wildman–Crippen LogP) is 2.33. The highest BCUT2D eigenvalue weighted by Gasteiger charge is 2.11. The summed E-state index contributed by atoms with van der Waals surface area (Å²) in [6.07, 6.45) is 3.29. The summed E-state index contributed by atoms with van der Waals surface area (Å²) in [7, 11) is 0. The molecule has 1 amide bonds. The van der Waals surface area contributed by atoms with Crippen LogP contribution >= 0.6 is 0 Å². The van der Waals surface area contributed by atoms with Crippen LogP contribution in [0.1, 0.15) is 32.3 Å². The number of amides is 1. The van der Waals surface area contributed by atoms with Crippen molar-refractivity contribution in [3.63, 3.8) is 0 Å². The minimum absolute atomic E-state index is 0.0116. The number of carbonyl (C=O) groups is 1. The summed E-state index contributed by atoms with van der Waals surface area (Å²) in [5.41, 5.74) is 0.486. The van der Waals surface area contributed by atoms with E-state index >= 15 is 0 Å². The number of anilines is 1. The van der Waals surface area contributed by atoms with Crippen molar-refractivity contribution in [3.05, 3.63) is 23.9 Å². The molecule has 0 fully saturated rings. The first-order valence-corrected chi connectivity index (χ1v) is 5.34. The number of hydrogen-bond donors (Lipinski definition) is 1. The van der Waals surface area contributed by atoms with Crippen molar-refractivity contribution in [1.29, 1.82) is 5.26 Å². The van der Waals surface area contributed by atoms with Crippen molar-refractivity contribution in [3.8, 4) is 6.07 Å². The minimum Gasteiger partial charge on any atom is -0.310 e. The molecule has 4 heteroatoms. The molecule has 1 atom stereocenters. The molecule has 1 aromatic rings. The Hall–Kier alpha value is -1.89. The Labute approximate surface area is 95.3 Å². The quantitative estimate of drug-likeness (QED) is 0.841. The van der Waals surface area contributed by atoms with Crippen molar-refractivity contribution in [2.24, 2.45) is 5.92 Å². The van der Waals surface area contributed by atoms with E-state index in [0.29, 0.717) is 11.4 Å². The zero-order chi connectivity index (χ0) is 12.0. The summed E-state index contributed by atoms with van der Waals surface area (Å²) < 4.78 is 0. The van der Waals surface area contributed by atoms with E-state index in [2.05, 4.69) is 10.3 Å². The van der Waals surface area contributed by atoms with Gasteiger partial charge < -0.3 is 5.32 Å². The van der Waals surface area contributed by atoms with E-state index < -0.39 is 0 Å². The largest absolute Gasteiger partial charge is 0.310 e. The van der Waals surface area contributed by atoms with Crippen LogP contribution in [0.3, 0.4) is 0 Å². The molecule has 1 N–H and O–H groups in total. The number of nitriles is 1. The fourth-order valence-electron chi connectivity index (χ4n) is 1.35. The Balaban J connectivity index is 2.60. The number of nitrogens with one attached hydrogen (secondary N) is 1. The lowest BCUT2D eigenvalue weighted by Crippen LogP contribution is -2.20. The van der Waals surface area contributed by atoms with Crippen LogP contribution in [0.4, 0.5) is 5.82 Å². The number of aromatic nitrogens is 1. The van der Waals surface area contributed by atoms with Gasteiger partial charge in [-0.3, -0.25) is 4.79 Å². The van der Waals surface area contributed by atoms with Crippen molar-refractivity contribution < 1.29 is 4.79 Å². The van der Waals surface area contributed by atoms with Crippen LogP contribution in [-0.4, -0.2) is 10.9 Å². The van der Waals surface area contributed by atoms with Crippen molar-refractivity contribution in [2.45, 2.75) is 26.7 Å². The Morgan fingerprint density at radius 3 is 2.88 bits per heavy atom. The number of hydrogen-bond acceptors (Lipinski definition) is 3. The number of rotatable bonds is 4. The third kappa shape index (κ3) is 3.35. The average Bonchev–Trinajstić information content (AvgIpc) is 2.30. The lowest BCUT2D eigenvalue weighted by Gasteiger charge is -2.10. The lowest BCUT2D eigenvalue weighted by molar-refractivity contribution is -0.119. The van der Waals surface area contributed by atoms with E-state index in [0.717, 1.165) is 12.8 Å². The van der Waals surface area contributed by atoms with Gasteiger partial charge in [0.15, 0.2) is 0 Å². The summed E-state index contributed by atoms with van der Waals surface area (Å²) in [6.45, 7) is 3.94. The topological polar surface area (TPSA) is 65.8 Å². The van der Waals surface area contributed by atoms with Gasteiger partial charge in [-0.25, -0.2) is 4.98 Å². The molecule has 84 valence electrons. The van der Waals surface area contributed by atoms with Crippen LogP contribution in [0.15, 0.2) is 18.3 Å². The molecule has 0 saturated heterocycles. The van der Waals surface area contributed by atoms with Gasteiger partial charge in [0.05, 0.1) is 5.56 Å². The second-order valence-electron chi connectivity index (χ2n) is 3.72. The molecule has 1 heterocycles. The van der Waals surface area contributed by atoms with E-state index in [-0.39, 0.29) is 11.8 Å². The van der Waals surface area contributed by atoms with E-state index in [1.165, 1.54) is 6.20 Å². The maximum atomic E-state index is 11.6. The lowest BCUT2D eigenvalue weighted by atomic mass is 10.1. The molecule has 0 saturated carbocycles. The van der Waals surface area contributed by atoms with Crippen LogP contribution in [0.5, 0.6) is 0 Å². The monoisotopic (exact) mass is 217 g/mol. The van der Waals surface area contributed by atoms with Gasteiger partial charge in [0.2, 0.25) is 5.91 Å². The van der Waals surface area contributed by atoms with Gasteiger partial charge in [0.25, 0.3) is 0 Å². The highest BCUT2D eigenvalue weighted by Crippen LogP contribution is 2.10. The van der Waals surface area contributed by atoms with Gasteiger partial charge in [0, 0.05) is 12.1 Å². The van der Waals surface area contributed by atoms with Gasteiger partial charge in [0.1, 0.15) is 11.9 Å². The summed E-state index contributed by atoms with van der Waals surface area (Å²) >= 11 is 0. The molecule has 0 aliphatic rings. The second-order valence-corrected chi connectivity index (χ2v) is 3.72. The predicted molar refractivity (Wildman–Crippen MR) is 61.7 cm³/mol. The Kier molecular flexibility index (Phi) is 4.46. The number of pyridine rings is 1. The molecule has 1 rings (SSSR count). The zero-order valence-electron chi connectivity index (χ0n) is 9.53. The van der Waals surface area contributed by atoms with Gasteiger partial charge in [-0.05, 0) is 18.6 Å². The Morgan fingerprint density at radius 1 is 1.62 bits per heavy atom. The Morgan fingerprint density at radius 2 is 2.38 bits per heavy atom. The van der Waals surface area contributed by atoms with E-state index in [1.54, 1.807) is 12.1 Å². The smallest absolute Gasteiger partial charge is 0.228 e. The number of carbonyl (C=O) groups excluding carboxylic acids is 1. The summed E-state index contributed by atoms with van der Waals surface area (Å²) in [4.78, 5) is 15.6. The molecule has 0 aromatic carbocycles. The SMILES string of the molecule is CCCC(C)C(=O)Nc1ccc(C#N)cn1. The first-order chi connectivity index (χ1) is 7.67. The van der Waals surface area contributed by atoms with Crippen LogP contribution < -0.4 is 5.32 Å². The van der Waals surface area contributed by atoms with Crippen LogP contribution in [0.25, 0.3) is 0 Å². The van der Waals surface area contributed by atoms with Crippen molar-refractivity contribution in [2.75, 3.05) is 5.32 Å². The molecule has 0 radical (unpaired) electrons. The molecule has 16 heavy (non-hydrogen) atoms. The molecule has 0 aliphatic heterocycles. The first kappa shape index (κ1) is 12.2. The van der Waals surface area contributed by atoms with Crippen LogP contribution in [0.2, 0.25) is 0 Å². The van der Waals surface area contributed by atoms with Crippen molar-refractivity contribution >= 4 is 11.7 Å². The van der Waals surface area contributed by atoms with Gasteiger partial charge in [-0.15, -0.1) is 0 Å². The highest BCUT2D eigenvalue weighted by molar-refractivity contribution is 5.91. The van der Waals surface area contributed by atoms with Gasteiger partial charge in [-0.1, -0.05) is 20.3 Å². The summed E-state index contributed by atoms with van der Waals surface area (Å²) in [6, 6.07) is 5.24. The molecular weight excluding hydrogens is 202 g/mol. The molecule has 0 spiro atoms. The fourth-order valence-corrected chi connectivity index (χ4v) is 1.35. The molecule has 0 aliphatic carbocycles. The summed E-state index contributed by atoms with van der Waals surface area (Å²) in [5.74, 6) is 0.452. The number of nitrogens with zero attached hydrogens (tertiary/aromatic N) is 2. The maximum absolute atomic E-state index is 11.6. The minimum atomic E-state index is -0.0287. The van der Waals surface area contributed by atoms with Gasteiger partial charge in [-0.2, -0.15) is 5.26 Å². The molecule has 4 nitrogen and oxygen atoms in total. The third-order valence-electron chi connectivity index (χ3n) is 2.31. The average molecular weight is 217 g/mol.